The van der Waals surface area contributed by atoms with Crippen LogP contribution in [0.3, 0.4) is 0 Å². The molecule has 0 fully saturated rings. The van der Waals surface area contributed by atoms with Gasteiger partial charge in [-0.2, -0.15) is 0 Å². The van der Waals surface area contributed by atoms with Crippen molar-refractivity contribution >= 4 is 29.4 Å². The van der Waals surface area contributed by atoms with Gasteiger partial charge in [0.2, 0.25) is 0 Å². The number of nitrogens with zero attached hydrogens (tertiary/aromatic N) is 1. The fraction of sp³-hybridized carbons (Fsp3) is 0.500. The van der Waals surface area contributed by atoms with E-state index < -0.39 is 17.7 Å². The monoisotopic (exact) mass is 325 g/mol. The van der Waals surface area contributed by atoms with E-state index in [1.807, 2.05) is 13.8 Å². The van der Waals surface area contributed by atoms with Crippen LogP contribution in [0.1, 0.15) is 50.5 Å². The molecule has 5 nitrogen and oxygen atoms in total. The number of carboxylic acids is 1. The van der Waals surface area contributed by atoms with Crippen molar-refractivity contribution in [3.05, 3.63) is 28.3 Å². The van der Waals surface area contributed by atoms with Gasteiger partial charge in [-0.25, -0.2) is 9.59 Å². The van der Waals surface area contributed by atoms with Crippen LogP contribution in [0.5, 0.6) is 0 Å². The van der Waals surface area contributed by atoms with Crippen LogP contribution in [-0.4, -0.2) is 29.3 Å². The molecule has 0 radical (unpaired) electrons. The Bertz CT molecular complexity index is 646. The number of hydrogen-bond donors (Lipinski definition) is 1. The second-order valence-corrected chi connectivity index (χ2v) is 7.51. The molecular formula is C16H20ClNO4. The average molecular weight is 326 g/mol. The topological polar surface area (TPSA) is 66.8 Å². The van der Waals surface area contributed by atoms with Crippen molar-refractivity contribution in [2.24, 2.45) is 0 Å². The minimum Gasteiger partial charge on any atom is -0.478 e. The first-order chi connectivity index (χ1) is 9.92. The molecule has 0 saturated carbocycles. The van der Waals surface area contributed by atoms with Gasteiger partial charge in [0.05, 0.1) is 16.3 Å². The summed E-state index contributed by atoms with van der Waals surface area (Å²) in [7, 11) is 0. The second-order valence-electron chi connectivity index (χ2n) is 7.10. The maximum Gasteiger partial charge on any atom is 0.414 e. The number of benzene rings is 1. The summed E-state index contributed by atoms with van der Waals surface area (Å²) in [5.74, 6) is -1.08. The maximum absolute atomic E-state index is 12.4. The van der Waals surface area contributed by atoms with Crippen molar-refractivity contribution in [2.45, 2.75) is 45.6 Å². The average Bonchev–Trinajstić information content (AvgIpc) is 2.57. The van der Waals surface area contributed by atoms with Crippen LogP contribution in [0.2, 0.25) is 5.02 Å². The van der Waals surface area contributed by atoms with Crippen molar-refractivity contribution in [2.75, 3.05) is 11.4 Å². The Labute approximate surface area is 134 Å². The lowest BCUT2D eigenvalue weighted by Gasteiger charge is -2.26. The highest BCUT2D eigenvalue weighted by molar-refractivity contribution is 6.34. The number of carboxylic acid groups (broad SMARTS) is 1. The van der Waals surface area contributed by atoms with Crippen molar-refractivity contribution in [3.63, 3.8) is 0 Å². The predicted octanol–water partition coefficient (Wildman–Crippen LogP) is 4.07. The molecule has 1 heterocycles. The number of amides is 1. The lowest BCUT2D eigenvalue weighted by Crippen LogP contribution is -2.38. The summed E-state index contributed by atoms with van der Waals surface area (Å²) in [6.45, 7) is 9.72. The molecule has 1 aliphatic heterocycles. The fourth-order valence-electron chi connectivity index (χ4n) is 2.54. The normalized spacial score (nSPS) is 16.4. The summed E-state index contributed by atoms with van der Waals surface area (Å²) in [5, 5.41) is 9.31. The number of halogens is 1. The molecule has 0 spiro atoms. The maximum atomic E-state index is 12.4. The molecule has 1 aromatic carbocycles. The number of carbonyl (C=O) groups excluding carboxylic acids is 1. The number of hydrogen-bond acceptors (Lipinski definition) is 3. The number of fused-ring (bicyclic) bond motifs is 1. The number of anilines is 1. The zero-order valence-electron chi connectivity index (χ0n) is 13.4. The second kappa shape index (κ2) is 5.16. The van der Waals surface area contributed by atoms with E-state index in [9.17, 15) is 14.7 Å². The van der Waals surface area contributed by atoms with Crippen LogP contribution in [0.25, 0.3) is 0 Å². The Morgan fingerprint density at radius 1 is 1.32 bits per heavy atom. The molecule has 0 atom stereocenters. The number of ether oxygens (including phenoxy) is 1. The van der Waals surface area contributed by atoms with Crippen LogP contribution in [0.15, 0.2) is 12.1 Å². The van der Waals surface area contributed by atoms with Crippen LogP contribution in [-0.2, 0) is 10.2 Å². The molecular weight excluding hydrogens is 306 g/mol. The molecule has 0 aliphatic carbocycles. The highest BCUT2D eigenvalue weighted by atomic mass is 35.5. The van der Waals surface area contributed by atoms with Gasteiger partial charge in [0.25, 0.3) is 0 Å². The van der Waals surface area contributed by atoms with Crippen molar-refractivity contribution < 1.29 is 19.4 Å². The summed E-state index contributed by atoms with van der Waals surface area (Å²) in [6, 6.07) is 3.07. The van der Waals surface area contributed by atoms with E-state index in [1.165, 1.54) is 11.0 Å². The predicted molar refractivity (Wildman–Crippen MR) is 85.0 cm³/mol. The molecule has 6 heteroatoms. The standard InChI is InChI=1S/C16H20ClNO4/c1-15(2,3)22-14(21)18-8-16(4,5)10-6-9(13(19)20)11(17)7-12(10)18/h6-7H,8H2,1-5H3,(H,19,20). The Kier molecular flexibility index (Phi) is 3.90. The highest BCUT2D eigenvalue weighted by Gasteiger charge is 2.40. The van der Waals surface area contributed by atoms with Crippen LogP contribution in [0.4, 0.5) is 10.5 Å². The van der Waals surface area contributed by atoms with Gasteiger partial charge in [0.1, 0.15) is 5.60 Å². The molecule has 1 aromatic rings. The first kappa shape index (κ1) is 16.6. The van der Waals surface area contributed by atoms with Gasteiger partial charge in [0.15, 0.2) is 0 Å². The summed E-state index contributed by atoms with van der Waals surface area (Å²) >= 11 is 6.04. The van der Waals surface area contributed by atoms with Crippen LogP contribution < -0.4 is 4.90 Å². The third kappa shape index (κ3) is 3.04. The van der Waals surface area contributed by atoms with E-state index in [2.05, 4.69) is 0 Å². The third-order valence-electron chi connectivity index (χ3n) is 3.50. The van der Waals surface area contributed by atoms with E-state index in [1.54, 1.807) is 26.8 Å². The minimum atomic E-state index is -1.08. The lowest BCUT2D eigenvalue weighted by molar-refractivity contribution is 0.0578. The van der Waals surface area contributed by atoms with E-state index >= 15 is 0 Å². The molecule has 120 valence electrons. The van der Waals surface area contributed by atoms with E-state index in [0.717, 1.165) is 5.56 Å². The summed E-state index contributed by atoms with van der Waals surface area (Å²) in [5.41, 5.74) is 0.449. The molecule has 0 bridgehead atoms. The van der Waals surface area contributed by atoms with E-state index in [4.69, 9.17) is 16.3 Å². The SMILES string of the molecule is CC(C)(C)OC(=O)N1CC(C)(C)c2cc(C(=O)O)c(Cl)cc21. The van der Waals surface area contributed by atoms with Crippen molar-refractivity contribution in [1.29, 1.82) is 0 Å². The van der Waals surface area contributed by atoms with Gasteiger partial charge in [-0.1, -0.05) is 25.4 Å². The number of carbonyl (C=O) groups is 2. The molecule has 1 aliphatic rings. The van der Waals surface area contributed by atoms with E-state index in [0.29, 0.717) is 12.2 Å². The van der Waals surface area contributed by atoms with Gasteiger partial charge >= 0.3 is 12.1 Å². The summed E-state index contributed by atoms with van der Waals surface area (Å²) in [4.78, 5) is 25.1. The quantitative estimate of drug-likeness (QED) is 0.845. The summed E-state index contributed by atoms with van der Waals surface area (Å²) in [6.07, 6.45) is -0.460. The van der Waals surface area contributed by atoms with Crippen molar-refractivity contribution in [1.82, 2.24) is 0 Å². The number of rotatable bonds is 1. The molecule has 1 N–H and O–H groups in total. The smallest absolute Gasteiger partial charge is 0.414 e. The zero-order chi connectivity index (χ0) is 16.9. The lowest BCUT2D eigenvalue weighted by atomic mass is 9.86. The zero-order valence-corrected chi connectivity index (χ0v) is 14.1. The highest BCUT2D eigenvalue weighted by Crippen LogP contribution is 2.43. The Morgan fingerprint density at radius 3 is 2.41 bits per heavy atom. The molecule has 22 heavy (non-hydrogen) atoms. The van der Waals surface area contributed by atoms with Gasteiger partial charge in [-0.15, -0.1) is 0 Å². The van der Waals surface area contributed by atoms with Crippen molar-refractivity contribution in [3.8, 4) is 0 Å². The Balaban J connectivity index is 2.49. The molecule has 0 unspecified atom stereocenters. The largest absolute Gasteiger partial charge is 0.478 e. The van der Waals surface area contributed by atoms with Gasteiger partial charge in [0, 0.05) is 12.0 Å². The molecule has 0 saturated heterocycles. The summed E-state index contributed by atoms with van der Waals surface area (Å²) < 4.78 is 5.42. The first-order valence-corrected chi connectivity index (χ1v) is 7.38. The van der Waals surface area contributed by atoms with Gasteiger partial charge in [-0.05, 0) is 38.5 Å². The van der Waals surface area contributed by atoms with Crippen LogP contribution >= 0.6 is 11.6 Å². The minimum absolute atomic E-state index is 0.0412. The molecule has 0 aromatic heterocycles. The Morgan fingerprint density at radius 2 is 1.91 bits per heavy atom. The first-order valence-electron chi connectivity index (χ1n) is 7.00. The third-order valence-corrected chi connectivity index (χ3v) is 3.82. The van der Waals surface area contributed by atoms with Gasteiger partial charge < -0.3 is 9.84 Å². The fourth-order valence-corrected chi connectivity index (χ4v) is 2.78. The van der Waals surface area contributed by atoms with Crippen LogP contribution in [0, 0.1) is 0 Å². The van der Waals surface area contributed by atoms with Gasteiger partial charge in [-0.3, -0.25) is 4.90 Å². The molecule has 2 rings (SSSR count). The van der Waals surface area contributed by atoms with E-state index in [-0.39, 0.29) is 16.0 Å². The molecule has 1 amide bonds. The number of aromatic carboxylic acids is 1. The Hall–Kier alpha value is -1.75.